The van der Waals surface area contributed by atoms with Crippen molar-refractivity contribution in [2.45, 2.75) is 12.5 Å². The summed E-state index contributed by atoms with van der Waals surface area (Å²) in [5, 5.41) is -0.249. The van der Waals surface area contributed by atoms with Gasteiger partial charge in [0.25, 0.3) is 6.43 Å². The smallest absolute Gasteiger partial charge is 0.257 e. The molecule has 1 aromatic heterocycles. The first-order valence-electron chi connectivity index (χ1n) is 3.48. The van der Waals surface area contributed by atoms with Gasteiger partial charge in [-0.3, -0.25) is 0 Å². The topological polar surface area (TPSA) is 38.9 Å². The Morgan fingerprint density at radius 1 is 1.29 bits per heavy atom. The van der Waals surface area contributed by atoms with Crippen LogP contribution >= 0.6 is 34.8 Å². The average molecular weight is 261 g/mol. The summed E-state index contributed by atoms with van der Waals surface area (Å²) in [7, 11) is 0. The number of nitrogens with two attached hydrogens (primary N) is 1. The first-order valence-corrected chi connectivity index (χ1v) is 4.61. The van der Waals surface area contributed by atoms with E-state index in [1.54, 1.807) is 0 Å². The van der Waals surface area contributed by atoms with Crippen molar-refractivity contribution in [3.05, 3.63) is 27.0 Å². The van der Waals surface area contributed by atoms with Crippen molar-refractivity contribution in [2.75, 3.05) is 0 Å². The highest BCUT2D eigenvalue weighted by Crippen LogP contribution is 2.35. The van der Waals surface area contributed by atoms with Gasteiger partial charge in [-0.05, 0) is 0 Å². The lowest BCUT2D eigenvalue weighted by atomic mass is 10.1. The Morgan fingerprint density at radius 2 is 1.86 bits per heavy atom. The molecule has 0 spiro atoms. The number of halogens is 5. The minimum absolute atomic E-state index is 0.0211. The summed E-state index contributed by atoms with van der Waals surface area (Å²) in [6, 6.07) is -1.56. The zero-order chi connectivity index (χ0) is 10.9. The third-order valence-electron chi connectivity index (χ3n) is 1.57. The van der Waals surface area contributed by atoms with Crippen LogP contribution in [-0.2, 0) is 0 Å². The molecule has 0 aromatic carbocycles. The SMILES string of the molecule is N[C@@H](c1c(Cl)cnc(Cl)c1Cl)C(F)F. The summed E-state index contributed by atoms with van der Waals surface area (Å²) < 4.78 is 24.6. The van der Waals surface area contributed by atoms with E-state index in [-0.39, 0.29) is 20.8 Å². The van der Waals surface area contributed by atoms with E-state index in [1.165, 1.54) is 0 Å². The van der Waals surface area contributed by atoms with E-state index in [1.807, 2.05) is 0 Å². The molecule has 0 bridgehead atoms. The maximum atomic E-state index is 12.3. The molecule has 0 aliphatic rings. The largest absolute Gasteiger partial charge is 0.319 e. The van der Waals surface area contributed by atoms with Gasteiger partial charge in [-0.1, -0.05) is 34.8 Å². The van der Waals surface area contributed by atoms with E-state index in [4.69, 9.17) is 40.5 Å². The van der Waals surface area contributed by atoms with E-state index >= 15 is 0 Å². The lowest BCUT2D eigenvalue weighted by Gasteiger charge is -2.14. The predicted octanol–water partition coefficient (Wildman–Crippen LogP) is 3.31. The summed E-state index contributed by atoms with van der Waals surface area (Å²) in [5.74, 6) is 0. The molecular formula is C7H5Cl3F2N2. The van der Waals surface area contributed by atoms with Crippen molar-refractivity contribution in [1.29, 1.82) is 0 Å². The second-order valence-electron chi connectivity index (χ2n) is 2.48. The Hall–Kier alpha value is -0.160. The number of rotatable bonds is 2. The number of alkyl halides is 2. The van der Waals surface area contributed by atoms with Crippen LogP contribution in [-0.4, -0.2) is 11.4 Å². The summed E-state index contributed by atoms with van der Waals surface area (Å²) in [6.45, 7) is 0. The van der Waals surface area contributed by atoms with Gasteiger partial charge < -0.3 is 5.73 Å². The van der Waals surface area contributed by atoms with Crippen molar-refractivity contribution in [2.24, 2.45) is 5.73 Å². The van der Waals surface area contributed by atoms with Gasteiger partial charge in [0.1, 0.15) is 5.15 Å². The van der Waals surface area contributed by atoms with Crippen LogP contribution in [0.1, 0.15) is 11.6 Å². The van der Waals surface area contributed by atoms with E-state index < -0.39 is 12.5 Å². The molecule has 0 aliphatic carbocycles. The molecule has 0 unspecified atom stereocenters. The van der Waals surface area contributed by atoms with Gasteiger partial charge in [0.2, 0.25) is 0 Å². The molecule has 0 fully saturated rings. The molecular weight excluding hydrogens is 256 g/mol. The average Bonchev–Trinajstić information content (AvgIpc) is 2.12. The van der Waals surface area contributed by atoms with Crippen LogP contribution in [0.2, 0.25) is 15.2 Å². The molecule has 1 atom stereocenters. The van der Waals surface area contributed by atoms with E-state index in [0.717, 1.165) is 6.20 Å². The maximum absolute atomic E-state index is 12.3. The number of hydrogen-bond acceptors (Lipinski definition) is 2. The molecule has 0 saturated heterocycles. The molecule has 0 saturated carbocycles. The minimum atomic E-state index is -2.76. The van der Waals surface area contributed by atoms with Gasteiger partial charge in [0.15, 0.2) is 0 Å². The Balaban J connectivity index is 3.25. The highest BCUT2D eigenvalue weighted by atomic mass is 35.5. The zero-order valence-electron chi connectivity index (χ0n) is 6.65. The van der Waals surface area contributed by atoms with Gasteiger partial charge in [-0.15, -0.1) is 0 Å². The summed E-state index contributed by atoms with van der Waals surface area (Å²) in [4.78, 5) is 3.58. The Bertz CT molecular complexity index is 346. The van der Waals surface area contributed by atoms with Crippen LogP contribution in [0, 0.1) is 0 Å². The summed E-state index contributed by atoms with van der Waals surface area (Å²) in [6.07, 6.45) is -1.63. The first-order chi connectivity index (χ1) is 6.45. The van der Waals surface area contributed by atoms with Crippen LogP contribution < -0.4 is 5.73 Å². The van der Waals surface area contributed by atoms with Crippen LogP contribution in [0.5, 0.6) is 0 Å². The van der Waals surface area contributed by atoms with Gasteiger partial charge in [-0.2, -0.15) is 0 Å². The van der Waals surface area contributed by atoms with E-state index in [9.17, 15) is 8.78 Å². The third kappa shape index (κ3) is 2.25. The van der Waals surface area contributed by atoms with Crippen LogP contribution in [0.4, 0.5) is 8.78 Å². The van der Waals surface area contributed by atoms with E-state index in [2.05, 4.69) is 4.98 Å². The standard InChI is InChI=1S/C7H5Cl3F2N2/c8-2-1-14-6(10)4(9)3(2)5(13)7(11)12/h1,5,7H,13H2/t5-/m0/s1. The molecule has 14 heavy (non-hydrogen) atoms. The number of nitrogens with zero attached hydrogens (tertiary/aromatic N) is 1. The molecule has 78 valence electrons. The monoisotopic (exact) mass is 260 g/mol. The van der Waals surface area contributed by atoms with Crippen molar-refractivity contribution < 1.29 is 8.78 Å². The summed E-state index contributed by atoms with van der Waals surface area (Å²) >= 11 is 16.8. The van der Waals surface area contributed by atoms with Gasteiger partial charge >= 0.3 is 0 Å². The maximum Gasteiger partial charge on any atom is 0.257 e. The predicted molar refractivity (Wildman–Crippen MR) is 52.2 cm³/mol. The number of hydrogen-bond donors (Lipinski definition) is 1. The lowest BCUT2D eigenvalue weighted by molar-refractivity contribution is 0.116. The van der Waals surface area contributed by atoms with Crippen molar-refractivity contribution >= 4 is 34.8 Å². The quantitative estimate of drug-likeness (QED) is 0.830. The molecule has 7 heteroatoms. The fraction of sp³-hybridized carbons (Fsp3) is 0.286. The van der Waals surface area contributed by atoms with E-state index in [0.29, 0.717) is 0 Å². The van der Waals surface area contributed by atoms with Crippen LogP contribution in [0.15, 0.2) is 6.20 Å². The number of pyridine rings is 1. The van der Waals surface area contributed by atoms with Crippen LogP contribution in [0.3, 0.4) is 0 Å². The van der Waals surface area contributed by atoms with Gasteiger partial charge in [-0.25, -0.2) is 13.8 Å². The third-order valence-corrected chi connectivity index (χ3v) is 2.64. The van der Waals surface area contributed by atoms with Crippen molar-refractivity contribution in [1.82, 2.24) is 4.98 Å². The molecule has 0 aliphatic heterocycles. The highest BCUT2D eigenvalue weighted by molar-refractivity contribution is 6.43. The molecule has 1 heterocycles. The minimum Gasteiger partial charge on any atom is -0.319 e. The normalized spacial score (nSPS) is 13.4. The molecule has 0 radical (unpaired) electrons. The summed E-state index contributed by atoms with van der Waals surface area (Å²) in [5.41, 5.74) is 5.12. The Labute approximate surface area is 94.0 Å². The molecule has 2 nitrogen and oxygen atoms in total. The molecule has 1 rings (SSSR count). The molecule has 0 amide bonds. The fourth-order valence-corrected chi connectivity index (χ4v) is 1.63. The zero-order valence-corrected chi connectivity index (χ0v) is 8.91. The second kappa shape index (κ2) is 4.57. The number of aromatic nitrogens is 1. The van der Waals surface area contributed by atoms with Gasteiger partial charge in [0.05, 0.1) is 16.1 Å². The second-order valence-corrected chi connectivity index (χ2v) is 3.63. The first kappa shape index (κ1) is 11.9. The van der Waals surface area contributed by atoms with Crippen LogP contribution in [0.25, 0.3) is 0 Å². The Kier molecular flexibility index (Phi) is 3.89. The van der Waals surface area contributed by atoms with Crippen molar-refractivity contribution in [3.8, 4) is 0 Å². The van der Waals surface area contributed by atoms with Crippen molar-refractivity contribution in [3.63, 3.8) is 0 Å². The lowest BCUT2D eigenvalue weighted by Crippen LogP contribution is -2.20. The van der Waals surface area contributed by atoms with Gasteiger partial charge in [0, 0.05) is 11.8 Å². The molecule has 1 aromatic rings. The molecule has 2 N–H and O–H groups in total. The fourth-order valence-electron chi connectivity index (χ4n) is 0.887. The Morgan fingerprint density at radius 3 is 2.36 bits per heavy atom. The highest BCUT2D eigenvalue weighted by Gasteiger charge is 2.24.